The van der Waals surface area contributed by atoms with Gasteiger partial charge in [0.1, 0.15) is 18.7 Å². The molecule has 0 radical (unpaired) electrons. The monoisotopic (exact) mass is 483 g/mol. The van der Waals surface area contributed by atoms with Gasteiger partial charge in [-0.2, -0.15) is 13.6 Å². The summed E-state index contributed by atoms with van der Waals surface area (Å²) < 4.78 is 50.2. The molecule has 1 fully saturated rings. The zero-order valence-electron chi connectivity index (χ0n) is 14.7. The fourth-order valence-electron chi connectivity index (χ4n) is 1.99. The number of hydrogen-bond donors (Lipinski definition) is 6. The summed E-state index contributed by atoms with van der Waals surface area (Å²) in [5, 5.41) is 10.3. The molecule has 19 heteroatoms. The molecule has 0 aliphatic carbocycles. The number of ether oxygens (including phenoxy) is 1. The Morgan fingerprint density at radius 2 is 1.90 bits per heavy atom. The van der Waals surface area contributed by atoms with Gasteiger partial charge in [0.15, 0.2) is 5.79 Å². The van der Waals surface area contributed by atoms with Crippen molar-refractivity contribution in [3.05, 3.63) is 12.3 Å². The molecule has 1 aliphatic heterocycles. The van der Waals surface area contributed by atoms with Crippen LogP contribution in [0.3, 0.4) is 0 Å². The van der Waals surface area contributed by atoms with Gasteiger partial charge in [-0.25, -0.2) is 13.7 Å². The number of amidine groups is 1. The molecule has 4 atom stereocenters. The summed E-state index contributed by atoms with van der Waals surface area (Å²) in [5.41, 5.74) is 5.39. The van der Waals surface area contributed by atoms with Gasteiger partial charge in [-0.3, -0.25) is 9.32 Å². The van der Waals surface area contributed by atoms with E-state index in [2.05, 4.69) is 18.1 Å². The van der Waals surface area contributed by atoms with Crippen molar-refractivity contribution in [2.45, 2.75) is 24.9 Å². The lowest BCUT2D eigenvalue weighted by molar-refractivity contribution is -0.226. The quantitative estimate of drug-likeness (QED) is 0.0903. The van der Waals surface area contributed by atoms with Gasteiger partial charge in [-0.15, -0.1) is 0 Å². The Kier molecular flexibility index (Phi) is 8.87. The van der Waals surface area contributed by atoms with Crippen molar-refractivity contribution in [2.75, 3.05) is 13.7 Å². The molecular weight excluding hydrogens is 463 g/mol. The molecule has 1 rings (SSSR count). The Balaban J connectivity index is 2.65. The summed E-state index contributed by atoms with van der Waals surface area (Å²) in [4.78, 5) is 50.2. The topological polar surface area (TPSA) is 248 Å². The van der Waals surface area contributed by atoms with E-state index < -0.39 is 42.1 Å². The van der Waals surface area contributed by atoms with Crippen LogP contribution in [0, 0.1) is 0 Å². The van der Waals surface area contributed by atoms with Crippen molar-refractivity contribution in [3.8, 4) is 0 Å². The number of nitrogens with two attached hydrogens (primary N) is 1. The fourth-order valence-corrected chi connectivity index (χ4v) is 5.05. The van der Waals surface area contributed by atoms with Crippen molar-refractivity contribution in [1.29, 1.82) is 0 Å². The van der Waals surface area contributed by atoms with Gasteiger partial charge >= 0.3 is 23.5 Å². The number of phosphoric ester groups is 1. The Bertz CT molecular complexity index is 797. The number of rotatable bonds is 11. The predicted octanol–water partition coefficient (Wildman–Crippen LogP) is -0.886. The summed E-state index contributed by atoms with van der Waals surface area (Å²) in [6, 6.07) is 0. The van der Waals surface area contributed by atoms with Gasteiger partial charge in [0.2, 0.25) is 6.41 Å². The van der Waals surface area contributed by atoms with Gasteiger partial charge in [0.25, 0.3) is 0 Å². The molecule has 0 saturated carbocycles. The number of carbonyl (C=O) groups is 1. The number of amides is 1. The first kappa shape index (κ1) is 26.0. The van der Waals surface area contributed by atoms with Crippen LogP contribution in [0.5, 0.6) is 0 Å². The molecule has 0 aromatic rings. The maximum Gasteiger partial charge on any atom is 0.490 e. The third kappa shape index (κ3) is 10.0. The molecule has 168 valence electrons. The third-order valence-corrected chi connectivity index (χ3v) is 6.93. The zero-order valence-corrected chi connectivity index (χ0v) is 17.4. The van der Waals surface area contributed by atoms with Crippen LogP contribution in [0.1, 0.15) is 12.8 Å². The molecule has 1 heterocycles. The average Bonchev–Trinajstić information content (AvgIpc) is 2.91. The van der Waals surface area contributed by atoms with Crippen LogP contribution in [-0.4, -0.2) is 67.5 Å². The number of carbonyl (C=O) groups excluding carboxylic acids is 1. The molecule has 1 saturated heterocycles. The van der Waals surface area contributed by atoms with E-state index in [0.29, 0.717) is 0 Å². The molecular formula is C10H20N3O13P3. The lowest BCUT2D eigenvalue weighted by atomic mass is 10.2. The Labute approximate surface area is 164 Å². The van der Waals surface area contributed by atoms with Crippen LogP contribution in [0.2, 0.25) is 0 Å². The molecule has 0 bridgehead atoms. The second-order valence-electron chi connectivity index (χ2n) is 5.56. The first-order valence-corrected chi connectivity index (χ1v) is 11.9. The average molecular weight is 483 g/mol. The van der Waals surface area contributed by atoms with Crippen LogP contribution in [-0.2, 0) is 36.4 Å². The highest BCUT2D eigenvalue weighted by atomic mass is 31.3. The number of nitrogens with zero attached hydrogens (tertiary/aromatic N) is 2. The van der Waals surface area contributed by atoms with Crippen LogP contribution in [0.15, 0.2) is 17.3 Å². The molecule has 16 nitrogen and oxygen atoms in total. The lowest BCUT2D eigenvalue weighted by Gasteiger charge is -2.27. The summed E-state index contributed by atoms with van der Waals surface area (Å²) in [6.45, 7) is -1.00. The van der Waals surface area contributed by atoms with E-state index >= 15 is 0 Å². The fraction of sp³-hybridized carbons (Fsp3) is 0.600. The standard InChI is InChI=1S/C10H20N3O13P3/c1-13(5-3-8(11)12-7-14)9-2-4-10(15,24-9)6-23-28(19,20)26-29(21,22)25-27(16,17)18/h3,5,7,9,15H,2,4,6H2,1H3,(H,19,20)(H,21,22)(H2,11,12,14)(H2,16,17,18)/b5-3-/t9-,10+/m1/s1. The van der Waals surface area contributed by atoms with Crippen molar-refractivity contribution < 1.29 is 61.1 Å². The maximum absolute atomic E-state index is 11.7. The Morgan fingerprint density at radius 3 is 2.45 bits per heavy atom. The highest BCUT2D eigenvalue weighted by Crippen LogP contribution is 2.66. The van der Waals surface area contributed by atoms with Gasteiger partial charge in [0, 0.05) is 19.7 Å². The third-order valence-electron chi connectivity index (χ3n) is 3.14. The minimum atomic E-state index is -5.66. The largest absolute Gasteiger partial charge is 0.490 e. The Hall–Kier alpha value is -0.990. The summed E-state index contributed by atoms with van der Waals surface area (Å²) in [5.74, 6) is -2.19. The predicted molar refractivity (Wildman–Crippen MR) is 93.5 cm³/mol. The van der Waals surface area contributed by atoms with Crippen LogP contribution in [0.4, 0.5) is 0 Å². The van der Waals surface area contributed by atoms with Gasteiger partial charge < -0.3 is 40.1 Å². The van der Waals surface area contributed by atoms with E-state index in [1.807, 2.05) is 0 Å². The van der Waals surface area contributed by atoms with Crippen molar-refractivity contribution in [3.63, 3.8) is 0 Å². The Morgan fingerprint density at radius 1 is 1.28 bits per heavy atom. The second-order valence-corrected chi connectivity index (χ2v) is 9.98. The smallest absolute Gasteiger partial charge is 0.384 e. The van der Waals surface area contributed by atoms with E-state index in [-0.39, 0.29) is 25.1 Å². The van der Waals surface area contributed by atoms with Crippen molar-refractivity contribution in [1.82, 2.24) is 4.90 Å². The molecule has 0 aromatic heterocycles. The summed E-state index contributed by atoms with van der Waals surface area (Å²) >= 11 is 0. The molecule has 2 unspecified atom stereocenters. The number of hydrogen-bond acceptors (Lipinski definition) is 10. The normalized spacial score (nSPS) is 27.5. The zero-order chi connectivity index (χ0) is 22.5. The molecule has 29 heavy (non-hydrogen) atoms. The first-order chi connectivity index (χ1) is 13.1. The summed E-state index contributed by atoms with van der Waals surface area (Å²) in [7, 11) is -15.0. The first-order valence-electron chi connectivity index (χ1n) is 7.42. The van der Waals surface area contributed by atoms with Crippen LogP contribution in [0.25, 0.3) is 0 Å². The molecule has 1 amide bonds. The highest BCUT2D eigenvalue weighted by Gasteiger charge is 2.45. The number of aliphatic imine (C=N–C) groups is 1. The van der Waals surface area contributed by atoms with Crippen LogP contribution >= 0.6 is 23.5 Å². The SMILES string of the molecule is CN(/C=C\C(N)=N/C=O)[C@H]1CC[C@@](O)(COP(=O)(O)OP(=O)(O)OP(=O)(O)O)O1. The van der Waals surface area contributed by atoms with Crippen LogP contribution < -0.4 is 5.73 Å². The van der Waals surface area contributed by atoms with Gasteiger partial charge in [-0.1, -0.05) is 0 Å². The minimum absolute atomic E-state index is 0.0900. The molecule has 7 N–H and O–H groups in total. The maximum atomic E-state index is 11.7. The van der Waals surface area contributed by atoms with E-state index in [9.17, 15) is 28.5 Å². The van der Waals surface area contributed by atoms with Crippen molar-refractivity contribution >= 4 is 35.7 Å². The van der Waals surface area contributed by atoms with E-state index in [1.165, 1.54) is 24.2 Å². The number of aliphatic hydroxyl groups is 1. The van der Waals surface area contributed by atoms with Gasteiger partial charge in [0.05, 0.1) is 0 Å². The summed E-state index contributed by atoms with van der Waals surface area (Å²) in [6.07, 6.45) is 2.28. The van der Waals surface area contributed by atoms with Gasteiger partial charge in [-0.05, 0) is 12.5 Å². The number of phosphoric acid groups is 3. The van der Waals surface area contributed by atoms with E-state index in [0.717, 1.165) is 0 Å². The van der Waals surface area contributed by atoms with E-state index in [1.54, 1.807) is 0 Å². The molecule has 1 aliphatic rings. The highest BCUT2D eigenvalue weighted by molar-refractivity contribution is 7.66. The lowest BCUT2D eigenvalue weighted by Crippen LogP contribution is -2.37. The van der Waals surface area contributed by atoms with E-state index in [4.69, 9.17) is 25.2 Å². The minimum Gasteiger partial charge on any atom is -0.384 e. The second kappa shape index (κ2) is 9.88. The molecule has 0 aromatic carbocycles. The van der Waals surface area contributed by atoms with Crippen molar-refractivity contribution in [2.24, 2.45) is 10.7 Å². The molecule has 0 spiro atoms.